The van der Waals surface area contributed by atoms with Crippen LogP contribution in [0.4, 0.5) is 14.6 Å². The molecule has 2 fully saturated rings. The fourth-order valence-electron chi connectivity index (χ4n) is 4.77. The van der Waals surface area contributed by atoms with Gasteiger partial charge in [0.05, 0.1) is 12.3 Å². The minimum atomic E-state index is -5.64. The highest BCUT2D eigenvalue weighted by atomic mass is 32.5. The summed E-state index contributed by atoms with van der Waals surface area (Å²) in [7, 11) is -4.51. The van der Waals surface area contributed by atoms with Gasteiger partial charge in [0.15, 0.2) is 24.4 Å². The van der Waals surface area contributed by atoms with Gasteiger partial charge in [0.25, 0.3) is 5.85 Å². The van der Waals surface area contributed by atoms with E-state index in [0.717, 1.165) is 19.5 Å². The molecule has 2 aromatic rings. The van der Waals surface area contributed by atoms with E-state index in [0.29, 0.717) is 5.52 Å². The first-order valence-corrected chi connectivity index (χ1v) is 16.5. The van der Waals surface area contributed by atoms with Crippen molar-refractivity contribution in [3.05, 3.63) is 36.8 Å². The molecule has 2 aliphatic heterocycles. The second-order valence-electron chi connectivity index (χ2n) is 9.69. The van der Waals surface area contributed by atoms with Crippen LogP contribution in [0.5, 0.6) is 0 Å². The zero-order valence-corrected chi connectivity index (χ0v) is 25.1. The molecule has 4 rings (SSSR count). The highest BCUT2D eigenvalue weighted by molar-refractivity contribution is 8.08. The Hall–Kier alpha value is -1.62. The lowest BCUT2D eigenvalue weighted by atomic mass is 9.88. The number of halogens is 2. The molecular formula is C21H30F2N4O14P2S. The molecule has 9 N–H and O–H groups in total. The van der Waals surface area contributed by atoms with Crippen LogP contribution in [0, 0.1) is 0 Å². The summed E-state index contributed by atoms with van der Waals surface area (Å²) in [6.45, 7) is -4.01. The number of phosphoric acid groups is 1. The largest absolute Gasteiger partial charge is 0.481 e. The van der Waals surface area contributed by atoms with Crippen LogP contribution in [-0.2, 0) is 43.9 Å². The number of anilines is 1. The summed E-state index contributed by atoms with van der Waals surface area (Å²) in [6, 6.07) is 2.93. The molecule has 12 atom stereocenters. The fraction of sp³-hybridized carbons (Fsp3) is 0.619. The van der Waals surface area contributed by atoms with Gasteiger partial charge in [-0.2, -0.15) is 5.10 Å². The molecule has 44 heavy (non-hydrogen) atoms. The second-order valence-corrected chi connectivity index (χ2v) is 14.1. The van der Waals surface area contributed by atoms with E-state index in [4.69, 9.17) is 29.6 Å². The lowest BCUT2D eigenvalue weighted by Gasteiger charge is -2.41. The van der Waals surface area contributed by atoms with E-state index in [1.165, 1.54) is 16.6 Å². The van der Waals surface area contributed by atoms with Gasteiger partial charge < -0.3 is 59.8 Å². The SMILES string of the molecule is C=C[C@]1(OC)[C@H](c2ccc3c(N)ncnn23)O[C@](F)(COP(O)(=S)OP(=O)(O)OC2OC([C@@H](F)CO)C(O)C(O)C2O)[C@H]1O. The van der Waals surface area contributed by atoms with Crippen molar-refractivity contribution in [1.82, 2.24) is 14.6 Å². The van der Waals surface area contributed by atoms with Gasteiger partial charge >= 0.3 is 14.5 Å². The number of ether oxygens (including phenoxy) is 3. The summed E-state index contributed by atoms with van der Waals surface area (Å²) in [5, 5.41) is 53.9. The van der Waals surface area contributed by atoms with Crippen LogP contribution in [0.1, 0.15) is 11.8 Å². The Morgan fingerprint density at radius 2 is 1.95 bits per heavy atom. The van der Waals surface area contributed by atoms with Crippen LogP contribution in [-0.4, -0.2) is 125 Å². The zero-order chi connectivity index (χ0) is 32.8. The number of nitrogens with zero attached hydrogens (tertiary/aromatic N) is 3. The predicted octanol–water partition coefficient (Wildman–Crippen LogP) is -1.51. The molecule has 2 saturated heterocycles. The maximum atomic E-state index is 16.2. The number of alkyl halides is 2. The van der Waals surface area contributed by atoms with Crippen molar-refractivity contribution in [1.29, 1.82) is 0 Å². The summed E-state index contributed by atoms with van der Waals surface area (Å²) in [5.41, 5.74) is 4.28. The minimum Gasteiger partial charge on any atom is -0.393 e. The van der Waals surface area contributed by atoms with Crippen LogP contribution in [0.15, 0.2) is 31.1 Å². The summed E-state index contributed by atoms with van der Waals surface area (Å²) in [5.74, 6) is -3.18. The van der Waals surface area contributed by atoms with E-state index < -0.39 is 88.3 Å². The Bertz CT molecular complexity index is 1460. The molecule has 2 aliphatic rings. The summed E-state index contributed by atoms with van der Waals surface area (Å²) in [4.78, 5) is 24.4. The summed E-state index contributed by atoms with van der Waals surface area (Å²) in [6.07, 6.45) is -14.7. The first-order valence-electron chi connectivity index (χ1n) is 12.4. The maximum absolute atomic E-state index is 16.2. The molecule has 18 nitrogen and oxygen atoms in total. The van der Waals surface area contributed by atoms with E-state index in [1.54, 1.807) is 0 Å². The smallest absolute Gasteiger partial charge is 0.393 e. The van der Waals surface area contributed by atoms with E-state index >= 15 is 4.39 Å². The average Bonchev–Trinajstić information content (AvgIpc) is 3.49. The van der Waals surface area contributed by atoms with Gasteiger partial charge in [-0.05, 0) is 23.9 Å². The van der Waals surface area contributed by atoms with Crippen LogP contribution in [0.2, 0.25) is 0 Å². The summed E-state index contributed by atoms with van der Waals surface area (Å²) < 4.78 is 73.7. The quantitative estimate of drug-likeness (QED) is 0.0926. The number of aliphatic hydroxyl groups is 5. The number of hydrogen-bond donors (Lipinski definition) is 8. The fourth-order valence-corrected chi connectivity index (χ4v) is 7.85. The number of nitrogens with two attached hydrogens (primary N) is 1. The topological polar surface area (TPSA) is 270 Å². The number of nitrogen functional groups attached to an aromatic ring is 1. The number of phosphoric ester groups is 1. The van der Waals surface area contributed by atoms with Gasteiger partial charge in [-0.15, -0.1) is 6.58 Å². The zero-order valence-electron chi connectivity index (χ0n) is 22.5. The van der Waals surface area contributed by atoms with Crippen molar-refractivity contribution in [2.24, 2.45) is 0 Å². The normalized spacial score (nSPS) is 37.8. The van der Waals surface area contributed by atoms with Crippen molar-refractivity contribution in [2.45, 2.75) is 60.5 Å². The van der Waals surface area contributed by atoms with Crippen LogP contribution >= 0.6 is 14.5 Å². The van der Waals surface area contributed by atoms with Gasteiger partial charge in [-0.1, -0.05) is 6.08 Å². The van der Waals surface area contributed by atoms with Crippen molar-refractivity contribution in [3.8, 4) is 0 Å². The van der Waals surface area contributed by atoms with Crippen LogP contribution < -0.4 is 5.73 Å². The lowest BCUT2D eigenvalue weighted by molar-refractivity contribution is -0.287. The van der Waals surface area contributed by atoms with Gasteiger partial charge in [0.1, 0.15) is 54.6 Å². The molecule has 0 aliphatic carbocycles. The molecule has 7 unspecified atom stereocenters. The number of aliphatic hydroxyl groups excluding tert-OH is 5. The van der Waals surface area contributed by atoms with Crippen LogP contribution in [0.3, 0.4) is 0 Å². The molecule has 0 aromatic carbocycles. The number of fused-ring (bicyclic) bond motifs is 1. The molecule has 2 aromatic heterocycles. The third-order valence-corrected chi connectivity index (χ3v) is 10.5. The Labute approximate surface area is 252 Å². The van der Waals surface area contributed by atoms with Crippen molar-refractivity contribution < 1.29 is 76.2 Å². The molecule has 0 radical (unpaired) electrons. The third-order valence-electron chi connectivity index (χ3n) is 7.02. The van der Waals surface area contributed by atoms with Gasteiger partial charge in [0.2, 0.25) is 0 Å². The molecule has 0 spiro atoms. The Kier molecular flexibility index (Phi) is 10.3. The van der Waals surface area contributed by atoms with Gasteiger partial charge in [0, 0.05) is 7.11 Å². The first kappa shape index (κ1) is 35.2. The number of hydrogen-bond acceptors (Lipinski definition) is 16. The Morgan fingerprint density at radius 1 is 1.27 bits per heavy atom. The molecule has 0 saturated carbocycles. The molecule has 0 amide bonds. The lowest BCUT2D eigenvalue weighted by Crippen LogP contribution is -2.60. The number of aromatic nitrogens is 3. The minimum absolute atomic E-state index is 0.0697. The summed E-state index contributed by atoms with van der Waals surface area (Å²) >= 11 is 4.67. The highest BCUT2D eigenvalue weighted by Gasteiger charge is 2.66. The van der Waals surface area contributed by atoms with Gasteiger partial charge in [-0.3, -0.25) is 4.52 Å². The van der Waals surface area contributed by atoms with Gasteiger partial charge in [-0.25, -0.2) is 27.2 Å². The Balaban J connectivity index is 1.50. The maximum Gasteiger partial charge on any atom is 0.481 e. The van der Waals surface area contributed by atoms with Crippen LogP contribution in [0.25, 0.3) is 5.52 Å². The average molecular weight is 694 g/mol. The Morgan fingerprint density at radius 3 is 2.57 bits per heavy atom. The predicted molar refractivity (Wildman–Crippen MR) is 144 cm³/mol. The van der Waals surface area contributed by atoms with Crippen molar-refractivity contribution in [3.63, 3.8) is 0 Å². The van der Waals surface area contributed by atoms with Crippen molar-refractivity contribution >= 4 is 37.7 Å². The third kappa shape index (κ3) is 6.47. The molecule has 4 heterocycles. The van der Waals surface area contributed by atoms with E-state index in [9.17, 15) is 39.2 Å². The monoisotopic (exact) mass is 694 g/mol. The van der Waals surface area contributed by atoms with E-state index in [-0.39, 0.29) is 11.5 Å². The van der Waals surface area contributed by atoms with E-state index in [1.807, 2.05) is 0 Å². The number of methoxy groups -OCH3 is 1. The second kappa shape index (κ2) is 12.9. The molecule has 248 valence electrons. The standard InChI is InChI=1S/C21H30F2N4O14P2S/c1-3-20(36-2)16(10-4-5-11-17(24)25-8-26-27(10)11)39-21(23,19(20)32)7-37-43(35,44)41-42(33,34)40-18-14(31)12(29)13(30)15(38-18)9(22)6-28/h3-5,8-9,12-16,18-19,28-32H,1,6-7H2,2H3,(H,33,34)(H,35,44)(H2,24,25,26)/t9-,12?,13?,14?,15?,16-,18?,19-,20-,21+,43?/m0/s1. The molecule has 23 heteroatoms. The van der Waals surface area contributed by atoms with E-state index in [2.05, 4.69) is 37.3 Å². The highest BCUT2D eigenvalue weighted by Crippen LogP contribution is 2.62. The van der Waals surface area contributed by atoms with Crippen molar-refractivity contribution in [2.75, 3.05) is 26.1 Å². The first-order chi connectivity index (χ1) is 20.5. The number of rotatable bonds is 12. The molecule has 0 bridgehead atoms. The molecular weight excluding hydrogens is 664 g/mol.